The van der Waals surface area contributed by atoms with Gasteiger partial charge in [0.2, 0.25) is 0 Å². The molecular weight excluding hydrogens is 276 g/mol. The van der Waals surface area contributed by atoms with Crippen LogP contribution in [0.5, 0.6) is 0 Å². The Hall–Kier alpha value is -2.33. The Labute approximate surface area is 129 Å². The third-order valence-corrected chi connectivity index (χ3v) is 3.87. The maximum absolute atomic E-state index is 10.6. The number of hydrogen-bond donors (Lipinski definition) is 2. The minimum atomic E-state index is -0.867. The first-order valence-corrected chi connectivity index (χ1v) is 7.43. The number of hydrogen-bond acceptors (Lipinski definition) is 4. The summed E-state index contributed by atoms with van der Waals surface area (Å²) in [4.78, 5) is 4.36. The number of nitrogens with zero attached hydrogens (tertiary/aromatic N) is 1. The number of aromatic nitrogens is 1. The van der Waals surface area contributed by atoms with Gasteiger partial charge in [-0.15, -0.1) is 0 Å². The first-order valence-electron chi connectivity index (χ1n) is 7.43. The number of pyridine rings is 1. The Balaban J connectivity index is 1.70. The quantitative estimate of drug-likeness (QED) is 0.751. The Morgan fingerprint density at radius 3 is 2.77 bits per heavy atom. The maximum Gasteiger partial charge on any atom is 0.139 e. The second-order valence-corrected chi connectivity index (χ2v) is 5.75. The SMILES string of the molecule is Cc1cc2c(NCCC(C)(O)c3ccccc3)nccc2o1. The smallest absolute Gasteiger partial charge is 0.139 e. The number of rotatable bonds is 5. The zero-order valence-corrected chi connectivity index (χ0v) is 12.8. The standard InChI is InChI=1S/C18H20N2O2/c1-13-12-15-16(22-13)8-10-19-17(15)20-11-9-18(2,21)14-6-4-3-5-7-14/h3-8,10,12,21H,9,11H2,1-2H3,(H,19,20). The maximum atomic E-state index is 10.6. The fraction of sp³-hybridized carbons (Fsp3) is 0.278. The predicted octanol–water partition coefficient (Wildman–Crippen LogP) is 3.85. The summed E-state index contributed by atoms with van der Waals surface area (Å²) in [6, 6.07) is 13.5. The van der Waals surface area contributed by atoms with Gasteiger partial charge >= 0.3 is 0 Å². The molecule has 2 heterocycles. The largest absolute Gasteiger partial charge is 0.461 e. The van der Waals surface area contributed by atoms with E-state index in [1.54, 1.807) is 6.20 Å². The van der Waals surface area contributed by atoms with Gasteiger partial charge in [0.25, 0.3) is 0 Å². The van der Waals surface area contributed by atoms with Crippen molar-refractivity contribution in [2.45, 2.75) is 25.9 Å². The van der Waals surface area contributed by atoms with Crippen LogP contribution < -0.4 is 5.32 Å². The zero-order chi connectivity index (χ0) is 15.6. The highest BCUT2D eigenvalue weighted by Gasteiger charge is 2.22. The molecular formula is C18H20N2O2. The van der Waals surface area contributed by atoms with E-state index in [-0.39, 0.29) is 0 Å². The monoisotopic (exact) mass is 296 g/mol. The van der Waals surface area contributed by atoms with E-state index in [0.717, 1.165) is 28.1 Å². The summed E-state index contributed by atoms with van der Waals surface area (Å²) in [5.41, 5.74) is 0.876. The molecule has 0 radical (unpaired) electrons. The minimum Gasteiger partial charge on any atom is -0.461 e. The molecule has 0 aliphatic carbocycles. The van der Waals surface area contributed by atoms with Crippen LogP contribution in [0.2, 0.25) is 0 Å². The van der Waals surface area contributed by atoms with E-state index in [2.05, 4.69) is 10.3 Å². The van der Waals surface area contributed by atoms with Crippen molar-refractivity contribution in [1.82, 2.24) is 4.98 Å². The molecule has 0 aliphatic heterocycles. The Morgan fingerprint density at radius 1 is 1.23 bits per heavy atom. The number of aryl methyl sites for hydroxylation is 1. The first kappa shape index (κ1) is 14.6. The Bertz CT molecular complexity index is 763. The minimum absolute atomic E-state index is 0.589. The molecule has 1 atom stereocenters. The average molecular weight is 296 g/mol. The molecule has 2 N–H and O–H groups in total. The number of nitrogens with one attached hydrogen (secondary N) is 1. The van der Waals surface area contributed by atoms with Gasteiger partial charge in [-0.1, -0.05) is 30.3 Å². The van der Waals surface area contributed by atoms with Gasteiger partial charge in [0, 0.05) is 12.7 Å². The number of anilines is 1. The van der Waals surface area contributed by atoms with Gasteiger partial charge in [0.05, 0.1) is 11.0 Å². The lowest BCUT2D eigenvalue weighted by Gasteiger charge is -2.24. The van der Waals surface area contributed by atoms with E-state index in [1.165, 1.54) is 0 Å². The summed E-state index contributed by atoms with van der Waals surface area (Å²) >= 11 is 0. The van der Waals surface area contributed by atoms with Gasteiger partial charge in [-0.2, -0.15) is 0 Å². The summed E-state index contributed by atoms with van der Waals surface area (Å²) in [6.45, 7) is 4.38. The lowest BCUT2D eigenvalue weighted by molar-refractivity contribution is 0.0515. The van der Waals surface area contributed by atoms with E-state index >= 15 is 0 Å². The van der Waals surface area contributed by atoms with Crippen LogP contribution in [0.1, 0.15) is 24.7 Å². The third-order valence-electron chi connectivity index (χ3n) is 3.87. The molecule has 0 aliphatic rings. The molecule has 0 saturated carbocycles. The van der Waals surface area contributed by atoms with Gasteiger partial charge in [-0.05, 0) is 38.0 Å². The van der Waals surface area contributed by atoms with Crippen molar-refractivity contribution in [3.8, 4) is 0 Å². The summed E-state index contributed by atoms with van der Waals surface area (Å²) in [5, 5.41) is 14.9. The molecule has 0 saturated heterocycles. The first-order chi connectivity index (χ1) is 10.6. The molecule has 0 fully saturated rings. The highest BCUT2D eigenvalue weighted by molar-refractivity contribution is 5.88. The molecule has 1 aromatic carbocycles. The molecule has 4 nitrogen and oxygen atoms in total. The molecule has 2 aromatic heterocycles. The van der Waals surface area contributed by atoms with Crippen LogP contribution in [0.15, 0.2) is 53.1 Å². The van der Waals surface area contributed by atoms with Crippen molar-refractivity contribution in [2.75, 3.05) is 11.9 Å². The molecule has 1 unspecified atom stereocenters. The average Bonchev–Trinajstić information content (AvgIpc) is 2.89. The Morgan fingerprint density at radius 2 is 2.00 bits per heavy atom. The van der Waals surface area contributed by atoms with Crippen LogP contribution in [0.25, 0.3) is 11.0 Å². The normalized spacial score (nSPS) is 14.0. The fourth-order valence-corrected chi connectivity index (χ4v) is 2.60. The fourth-order valence-electron chi connectivity index (χ4n) is 2.60. The predicted molar refractivity (Wildman–Crippen MR) is 87.9 cm³/mol. The molecule has 0 amide bonds. The third kappa shape index (κ3) is 2.97. The van der Waals surface area contributed by atoms with Crippen molar-refractivity contribution < 1.29 is 9.52 Å². The van der Waals surface area contributed by atoms with Crippen LogP contribution in [0.4, 0.5) is 5.82 Å². The van der Waals surface area contributed by atoms with Crippen molar-refractivity contribution >= 4 is 16.8 Å². The van der Waals surface area contributed by atoms with Crippen molar-refractivity contribution in [3.05, 3.63) is 60.0 Å². The van der Waals surface area contributed by atoms with Gasteiger partial charge < -0.3 is 14.8 Å². The van der Waals surface area contributed by atoms with Crippen LogP contribution >= 0.6 is 0 Å². The molecule has 4 heteroatoms. The number of furan rings is 1. The van der Waals surface area contributed by atoms with E-state index in [4.69, 9.17) is 4.42 Å². The highest BCUT2D eigenvalue weighted by Crippen LogP contribution is 2.26. The molecule has 3 rings (SSSR count). The topological polar surface area (TPSA) is 58.3 Å². The molecule has 114 valence electrons. The zero-order valence-electron chi connectivity index (χ0n) is 12.8. The van der Waals surface area contributed by atoms with Crippen LogP contribution in [-0.2, 0) is 5.60 Å². The molecule has 22 heavy (non-hydrogen) atoms. The Kier molecular flexibility index (Phi) is 3.86. The summed E-state index contributed by atoms with van der Waals surface area (Å²) in [6.07, 6.45) is 2.31. The molecule has 0 bridgehead atoms. The molecule has 3 aromatic rings. The van der Waals surface area contributed by atoms with Crippen molar-refractivity contribution in [1.29, 1.82) is 0 Å². The summed E-state index contributed by atoms with van der Waals surface area (Å²) in [5.74, 6) is 1.65. The van der Waals surface area contributed by atoms with Crippen molar-refractivity contribution in [3.63, 3.8) is 0 Å². The highest BCUT2D eigenvalue weighted by atomic mass is 16.3. The van der Waals surface area contributed by atoms with Crippen LogP contribution in [0.3, 0.4) is 0 Å². The van der Waals surface area contributed by atoms with Gasteiger partial charge in [0.1, 0.15) is 17.2 Å². The second-order valence-electron chi connectivity index (χ2n) is 5.75. The van der Waals surface area contributed by atoms with Crippen LogP contribution in [-0.4, -0.2) is 16.6 Å². The lowest BCUT2D eigenvalue weighted by atomic mass is 9.93. The molecule has 0 spiro atoms. The van der Waals surface area contributed by atoms with E-state index < -0.39 is 5.60 Å². The van der Waals surface area contributed by atoms with Gasteiger partial charge in [-0.3, -0.25) is 0 Å². The van der Waals surface area contributed by atoms with Crippen molar-refractivity contribution in [2.24, 2.45) is 0 Å². The summed E-state index contributed by atoms with van der Waals surface area (Å²) < 4.78 is 5.60. The van der Waals surface area contributed by atoms with E-state index in [0.29, 0.717) is 13.0 Å². The number of fused-ring (bicyclic) bond motifs is 1. The summed E-state index contributed by atoms with van der Waals surface area (Å²) in [7, 11) is 0. The van der Waals surface area contributed by atoms with Crippen LogP contribution in [0, 0.1) is 6.92 Å². The van der Waals surface area contributed by atoms with E-state index in [9.17, 15) is 5.11 Å². The lowest BCUT2D eigenvalue weighted by Crippen LogP contribution is -2.24. The van der Waals surface area contributed by atoms with Gasteiger partial charge in [-0.25, -0.2) is 4.98 Å². The van der Waals surface area contributed by atoms with Gasteiger partial charge in [0.15, 0.2) is 0 Å². The number of benzene rings is 1. The second kappa shape index (κ2) is 5.81. The van der Waals surface area contributed by atoms with E-state index in [1.807, 2.05) is 56.3 Å². The number of aliphatic hydroxyl groups is 1.